The van der Waals surface area contributed by atoms with Crippen LogP contribution in [0.25, 0.3) is 5.52 Å². The second-order valence-corrected chi connectivity index (χ2v) is 4.82. The van der Waals surface area contributed by atoms with Crippen LogP contribution in [0.15, 0.2) is 30.9 Å². The van der Waals surface area contributed by atoms with Crippen LogP contribution in [0.4, 0.5) is 11.5 Å². The van der Waals surface area contributed by atoms with Crippen LogP contribution in [-0.4, -0.2) is 24.4 Å². The van der Waals surface area contributed by atoms with Crippen molar-refractivity contribution in [2.45, 2.75) is 26.8 Å². The standard InChI is InChI=1S/C13H16N6/c1-9(2)19-8-11(7-15-19)16-13-12-6-10(3)17-18(12)5-4-14-13/h4-9H,1-3H3,(H,14,16). The summed E-state index contributed by atoms with van der Waals surface area (Å²) in [6, 6.07) is 2.35. The highest BCUT2D eigenvalue weighted by Gasteiger charge is 2.07. The fourth-order valence-electron chi connectivity index (χ4n) is 1.96. The summed E-state index contributed by atoms with van der Waals surface area (Å²) in [5, 5.41) is 11.9. The summed E-state index contributed by atoms with van der Waals surface area (Å²) < 4.78 is 3.72. The van der Waals surface area contributed by atoms with Crippen molar-refractivity contribution in [1.82, 2.24) is 24.4 Å². The Kier molecular flexibility index (Phi) is 2.70. The molecule has 3 aromatic heterocycles. The van der Waals surface area contributed by atoms with E-state index in [1.165, 1.54) is 0 Å². The first-order valence-electron chi connectivity index (χ1n) is 6.25. The minimum absolute atomic E-state index is 0.344. The Hall–Kier alpha value is -2.37. The summed E-state index contributed by atoms with van der Waals surface area (Å²) in [5.74, 6) is 0.784. The van der Waals surface area contributed by atoms with Crippen LogP contribution >= 0.6 is 0 Å². The second kappa shape index (κ2) is 4.38. The first kappa shape index (κ1) is 11.7. The molecule has 1 N–H and O–H groups in total. The fraction of sp³-hybridized carbons (Fsp3) is 0.308. The van der Waals surface area contributed by atoms with Gasteiger partial charge in [0.2, 0.25) is 0 Å². The van der Waals surface area contributed by atoms with E-state index in [4.69, 9.17) is 0 Å². The van der Waals surface area contributed by atoms with E-state index < -0.39 is 0 Å². The van der Waals surface area contributed by atoms with Gasteiger partial charge in [-0.3, -0.25) is 4.68 Å². The number of nitrogens with one attached hydrogen (secondary N) is 1. The molecule has 0 aliphatic heterocycles. The Morgan fingerprint density at radius 1 is 1.32 bits per heavy atom. The van der Waals surface area contributed by atoms with Gasteiger partial charge in [0.1, 0.15) is 5.52 Å². The van der Waals surface area contributed by atoms with Gasteiger partial charge in [-0.25, -0.2) is 9.50 Å². The van der Waals surface area contributed by atoms with E-state index in [1.54, 1.807) is 12.4 Å². The molecule has 0 atom stereocenters. The van der Waals surface area contributed by atoms with Gasteiger partial charge in [-0.1, -0.05) is 0 Å². The summed E-state index contributed by atoms with van der Waals surface area (Å²) in [6.45, 7) is 6.15. The molecule has 0 unspecified atom stereocenters. The highest BCUT2D eigenvalue weighted by atomic mass is 15.3. The third kappa shape index (κ3) is 2.16. The van der Waals surface area contributed by atoms with E-state index in [9.17, 15) is 0 Å². The van der Waals surface area contributed by atoms with Crippen molar-refractivity contribution >= 4 is 17.0 Å². The number of rotatable bonds is 3. The molecule has 98 valence electrons. The van der Waals surface area contributed by atoms with E-state index in [0.717, 1.165) is 22.7 Å². The lowest BCUT2D eigenvalue weighted by Gasteiger charge is -2.05. The van der Waals surface area contributed by atoms with Crippen LogP contribution in [-0.2, 0) is 0 Å². The highest BCUT2D eigenvalue weighted by Crippen LogP contribution is 2.20. The summed E-state index contributed by atoms with van der Waals surface area (Å²) in [6.07, 6.45) is 7.34. The molecule has 0 aliphatic carbocycles. The number of fused-ring (bicyclic) bond motifs is 1. The molecule has 0 spiro atoms. The van der Waals surface area contributed by atoms with Crippen molar-refractivity contribution in [2.24, 2.45) is 0 Å². The molecule has 0 fully saturated rings. The van der Waals surface area contributed by atoms with Gasteiger partial charge in [0.25, 0.3) is 0 Å². The molecule has 0 aromatic carbocycles. The smallest absolute Gasteiger partial charge is 0.156 e. The van der Waals surface area contributed by atoms with Gasteiger partial charge in [0.15, 0.2) is 5.82 Å². The predicted octanol–water partition coefficient (Wildman–Crippen LogP) is 2.56. The summed E-state index contributed by atoms with van der Waals surface area (Å²) in [7, 11) is 0. The normalized spacial score (nSPS) is 11.4. The number of aryl methyl sites for hydroxylation is 1. The lowest BCUT2D eigenvalue weighted by molar-refractivity contribution is 0.532. The zero-order valence-electron chi connectivity index (χ0n) is 11.2. The fourth-order valence-corrected chi connectivity index (χ4v) is 1.96. The van der Waals surface area contributed by atoms with Crippen molar-refractivity contribution in [1.29, 1.82) is 0 Å². The highest BCUT2D eigenvalue weighted by molar-refractivity contribution is 5.72. The van der Waals surface area contributed by atoms with Crippen molar-refractivity contribution in [3.05, 3.63) is 36.5 Å². The molecule has 19 heavy (non-hydrogen) atoms. The maximum atomic E-state index is 4.36. The zero-order valence-corrected chi connectivity index (χ0v) is 11.2. The number of anilines is 2. The van der Waals surface area contributed by atoms with Crippen LogP contribution in [0, 0.1) is 6.92 Å². The molecule has 0 amide bonds. The molecule has 6 heteroatoms. The zero-order chi connectivity index (χ0) is 13.4. The molecule has 0 saturated carbocycles. The lowest BCUT2D eigenvalue weighted by atomic mass is 10.4. The van der Waals surface area contributed by atoms with E-state index in [2.05, 4.69) is 34.3 Å². The van der Waals surface area contributed by atoms with Crippen molar-refractivity contribution in [2.75, 3.05) is 5.32 Å². The third-order valence-corrected chi connectivity index (χ3v) is 2.91. The Morgan fingerprint density at radius 3 is 2.89 bits per heavy atom. The van der Waals surface area contributed by atoms with Crippen molar-refractivity contribution in [3.8, 4) is 0 Å². The molecule has 3 heterocycles. The Bertz CT molecular complexity index is 709. The molecule has 0 bridgehead atoms. The molecule has 3 rings (SSSR count). The Labute approximate surface area is 111 Å². The maximum absolute atomic E-state index is 4.36. The summed E-state index contributed by atoms with van der Waals surface area (Å²) >= 11 is 0. The lowest BCUT2D eigenvalue weighted by Crippen LogP contribution is -2.00. The van der Waals surface area contributed by atoms with Crippen LogP contribution in [0.2, 0.25) is 0 Å². The van der Waals surface area contributed by atoms with Gasteiger partial charge >= 0.3 is 0 Å². The van der Waals surface area contributed by atoms with Gasteiger partial charge in [-0.2, -0.15) is 10.2 Å². The quantitative estimate of drug-likeness (QED) is 0.782. The monoisotopic (exact) mass is 256 g/mol. The number of aromatic nitrogens is 5. The van der Waals surface area contributed by atoms with Crippen molar-refractivity contribution < 1.29 is 0 Å². The Balaban J connectivity index is 1.96. The SMILES string of the molecule is Cc1cc2c(Nc3cnn(C(C)C)c3)nccn2n1. The van der Waals surface area contributed by atoms with E-state index in [-0.39, 0.29) is 0 Å². The average Bonchev–Trinajstić information content (AvgIpc) is 2.95. The molecule has 3 aromatic rings. The molecular formula is C13H16N6. The van der Waals surface area contributed by atoms with Crippen molar-refractivity contribution in [3.63, 3.8) is 0 Å². The third-order valence-electron chi connectivity index (χ3n) is 2.91. The van der Waals surface area contributed by atoms with Gasteiger partial charge in [-0.05, 0) is 26.8 Å². The average molecular weight is 256 g/mol. The minimum Gasteiger partial charge on any atom is -0.336 e. The number of hydrogen-bond acceptors (Lipinski definition) is 4. The van der Waals surface area contributed by atoms with Gasteiger partial charge in [-0.15, -0.1) is 0 Å². The number of hydrogen-bond donors (Lipinski definition) is 1. The topological polar surface area (TPSA) is 60.0 Å². The van der Waals surface area contributed by atoms with Gasteiger partial charge < -0.3 is 5.32 Å². The molecular weight excluding hydrogens is 240 g/mol. The molecule has 0 radical (unpaired) electrons. The van der Waals surface area contributed by atoms with Crippen LogP contribution < -0.4 is 5.32 Å². The predicted molar refractivity (Wildman–Crippen MR) is 73.6 cm³/mol. The largest absolute Gasteiger partial charge is 0.336 e. The first-order valence-corrected chi connectivity index (χ1v) is 6.25. The van der Waals surface area contributed by atoms with Crippen LogP contribution in [0.1, 0.15) is 25.6 Å². The van der Waals surface area contributed by atoms with Crippen LogP contribution in [0.3, 0.4) is 0 Å². The van der Waals surface area contributed by atoms with E-state index in [0.29, 0.717) is 6.04 Å². The summed E-state index contributed by atoms with van der Waals surface area (Å²) in [4.78, 5) is 4.36. The maximum Gasteiger partial charge on any atom is 0.156 e. The van der Waals surface area contributed by atoms with E-state index >= 15 is 0 Å². The Morgan fingerprint density at radius 2 is 2.16 bits per heavy atom. The molecule has 0 saturated heterocycles. The molecule has 6 nitrogen and oxygen atoms in total. The second-order valence-electron chi connectivity index (χ2n) is 4.82. The van der Waals surface area contributed by atoms with E-state index in [1.807, 2.05) is 34.6 Å². The summed E-state index contributed by atoms with van der Waals surface area (Å²) in [5.41, 5.74) is 2.85. The minimum atomic E-state index is 0.344. The van der Waals surface area contributed by atoms with Crippen LogP contribution in [0.5, 0.6) is 0 Å². The van der Waals surface area contributed by atoms with Gasteiger partial charge in [0, 0.05) is 24.6 Å². The molecule has 0 aliphatic rings. The first-order chi connectivity index (χ1) is 9.13. The van der Waals surface area contributed by atoms with Gasteiger partial charge in [0.05, 0.1) is 17.6 Å². The number of nitrogens with zero attached hydrogens (tertiary/aromatic N) is 5.